The molecule has 1 rings (SSSR count). The van der Waals surface area contributed by atoms with Crippen molar-refractivity contribution in [2.45, 2.75) is 45.8 Å². The molecular weight excluding hydrogens is 262 g/mol. The maximum Gasteiger partial charge on any atom is 0.410 e. The maximum absolute atomic E-state index is 11.9. The highest BCUT2D eigenvalue weighted by atomic mass is 32.1. The van der Waals surface area contributed by atoms with Gasteiger partial charge in [-0.05, 0) is 27.2 Å². The van der Waals surface area contributed by atoms with Gasteiger partial charge in [-0.25, -0.2) is 4.79 Å². The highest BCUT2D eigenvalue weighted by molar-refractivity contribution is 7.80. The van der Waals surface area contributed by atoms with Crippen molar-refractivity contribution in [1.82, 2.24) is 9.80 Å². The zero-order valence-electron chi connectivity index (χ0n) is 12.3. The summed E-state index contributed by atoms with van der Waals surface area (Å²) in [7, 11) is 0. The van der Waals surface area contributed by atoms with Crippen LogP contribution in [0.4, 0.5) is 4.79 Å². The summed E-state index contributed by atoms with van der Waals surface area (Å²) in [5.41, 5.74) is 5.29. The van der Waals surface area contributed by atoms with Crippen LogP contribution in [0.25, 0.3) is 0 Å². The number of hydrogen-bond acceptors (Lipinski definition) is 4. The summed E-state index contributed by atoms with van der Waals surface area (Å²) >= 11 is 5.08. The number of piperazine rings is 1. The molecular formula is C13H25N3O2S. The summed E-state index contributed by atoms with van der Waals surface area (Å²) in [6, 6.07) is 0.135. The van der Waals surface area contributed by atoms with Crippen molar-refractivity contribution in [2.75, 3.05) is 26.2 Å². The molecule has 0 spiro atoms. The quantitative estimate of drug-likeness (QED) is 0.799. The van der Waals surface area contributed by atoms with Crippen LogP contribution < -0.4 is 5.73 Å². The van der Waals surface area contributed by atoms with E-state index in [1.54, 1.807) is 4.90 Å². The molecule has 0 aliphatic carbocycles. The van der Waals surface area contributed by atoms with Crippen LogP contribution in [-0.2, 0) is 4.74 Å². The van der Waals surface area contributed by atoms with E-state index >= 15 is 0 Å². The van der Waals surface area contributed by atoms with Gasteiger partial charge in [0.2, 0.25) is 0 Å². The molecule has 110 valence electrons. The molecule has 5 nitrogen and oxygen atoms in total. The van der Waals surface area contributed by atoms with Crippen LogP contribution in [0.3, 0.4) is 0 Å². The molecule has 1 unspecified atom stereocenters. The molecule has 0 aromatic rings. The number of thiocarbonyl (C=S) groups is 1. The zero-order chi connectivity index (χ0) is 14.6. The van der Waals surface area contributed by atoms with Crippen molar-refractivity contribution in [3.8, 4) is 0 Å². The van der Waals surface area contributed by atoms with Crippen molar-refractivity contribution in [1.29, 1.82) is 0 Å². The highest BCUT2D eigenvalue weighted by Crippen LogP contribution is 2.14. The maximum atomic E-state index is 11.9. The first kappa shape index (κ1) is 16.2. The van der Waals surface area contributed by atoms with Gasteiger partial charge in [-0.2, -0.15) is 0 Å². The van der Waals surface area contributed by atoms with Gasteiger partial charge in [-0.3, -0.25) is 4.90 Å². The minimum Gasteiger partial charge on any atom is -0.444 e. The van der Waals surface area contributed by atoms with E-state index in [1.165, 1.54) is 0 Å². The van der Waals surface area contributed by atoms with E-state index in [9.17, 15) is 4.79 Å². The molecule has 0 aromatic heterocycles. The normalized spacial score (nSPS) is 19.1. The monoisotopic (exact) mass is 287 g/mol. The van der Waals surface area contributed by atoms with Crippen LogP contribution in [-0.4, -0.2) is 58.7 Å². The fourth-order valence-electron chi connectivity index (χ4n) is 2.18. The van der Waals surface area contributed by atoms with Gasteiger partial charge in [-0.1, -0.05) is 19.1 Å². The number of hydrogen-bond donors (Lipinski definition) is 1. The second-order valence-electron chi connectivity index (χ2n) is 5.83. The topological polar surface area (TPSA) is 58.8 Å². The highest BCUT2D eigenvalue weighted by Gasteiger charge is 2.28. The van der Waals surface area contributed by atoms with Crippen LogP contribution in [0, 0.1) is 0 Å². The van der Waals surface area contributed by atoms with Crippen LogP contribution in [0.5, 0.6) is 0 Å². The molecule has 2 N–H and O–H groups in total. The molecule has 1 fully saturated rings. The van der Waals surface area contributed by atoms with Crippen LogP contribution in [0.15, 0.2) is 0 Å². The third-order valence-electron chi connectivity index (χ3n) is 3.12. The fraction of sp³-hybridized carbons (Fsp3) is 0.846. The first-order chi connectivity index (χ1) is 8.74. The van der Waals surface area contributed by atoms with Gasteiger partial charge in [0.25, 0.3) is 0 Å². The number of amides is 1. The van der Waals surface area contributed by atoms with Crippen LogP contribution in [0.1, 0.15) is 34.1 Å². The smallest absolute Gasteiger partial charge is 0.410 e. The minimum absolute atomic E-state index is 0.135. The third-order valence-corrected chi connectivity index (χ3v) is 3.39. The second kappa shape index (κ2) is 6.52. The molecule has 0 aromatic carbocycles. The largest absolute Gasteiger partial charge is 0.444 e. The van der Waals surface area contributed by atoms with E-state index in [0.29, 0.717) is 18.1 Å². The van der Waals surface area contributed by atoms with E-state index in [-0.39, 0.29) is 12.1 Å². The summed E-state index contributed by atoms with van der Waals surface area (Å²) in [4.78, 5) is 16.4. The lowest BCUT2D eigenvalue weighted by atomic mass is 10.1. The molecule has 0 bridgehead atoms. The Morgan fingerprint density at radius 3 is 2.21 bits per heavy atom. The van der Waals surface area contributed by atoms with Gasteiger partial charge in [0.05, 0.1) is 11.0 Å². The molecule has 1 atom stereocenters. The van der Waals surface area contributed by atoms with E-state index in [4.69, 9.17) is 22.7 Å². The van der Waals surface area contributed by atoms with Crippen LogP contribution >= 0.6 is 12.2 Å². The number of carbonyl (C=O) groups is 1. The summed E-state index contributed by atoms with van der Waals surface area (Å²) in [5, 5.41) is 0. The van der Waals surface area contributed by atoms with Gasteiger partial charge in [-0.15, -0.1) is 0 Å². The number of carbonyl (C=O) groups excluding carboxylic acids is 1. The van der Waals surface area contributed by atoms with Gasteiger partial charge in [0, 0.05) is 26.2 Å². The van der Waals surface area contributed by atoms with Crippen molar-refractivity contribution in [2.24, 2.45) is 5.73 Å². The molecule has 6 heteroatoms. The summed E-state index contributed by atoms with van der Waals surface area (Å²) in [5.74, 6) is 0. The van der Waals surface area contributed by atoms with E-state index < -0.39 is 5.60 Å². The van der Waals surface area contributed by atoms with Crippen molar-refractivity contribution in [3.05, 3.63) is 0 Å². The van der Waals surface area contributed by atoms with E-state index in [2.05, 4.69) is 11.8 Å². The standard InChI is InChI=1S/C13H25N3O2S/c1-5-10(11(14)19)15-6-8-16(9-7-15)12(17)18-13(2,3)4/h10H,5-9H2,1-4H3,(H2,14,19). The Morgan fingerprint density at radius 1 is 1.32 bits per heavy atom. The predicted molar refractivity (Wildman–Crippen MR) is 80.2 cm³/mol. The average molecular weight is 287 g/mol. The molecule has 19 heavy (non-hydrogen) atoms. The third kappa shape index (κ3) is 4.95. The SMILES string of the molecule is CCC(C(N)=S)N1CCN(C(=O)OC(C)(C)C)CC1. The lowest BCUT2D eigenvalue weighted by molar-refractivity contribution is 0.0129. The molecule has 1 heterocycles. The Balaban J connectivity index is 2.49. The Labute approximate surface area is 121 Å². The number of nitrogens with zero attached hydrogens (tertiary/aromatic N) is 2. The van der Waals surface area contributed by atoms with E-state index in [0.717, 1.165) is 19.5 Å². The van der Waals surface area contributed by atoms with Gasteiger partial charge in [0.15, 0.2) is 0 Å². The number of nitrogens with two attached hydrogens (primary N) is 1. The second-order valence-corrected chi connectivity index (χ2v) is 6.30. The summed E-state index contributed by atoms with van der Waals surface area (Å²) in [6.45, 7) is 10.6. The first-order valence-corrected chi connectivity index (χ1v) is 7.16. The lowest BCUT2D eigenvalue weighted by Crippen LogP contribution is -2.55. The van der Waals surface area contributed by atoms with Gasteiger partial charge in [0.1, 0.15) is 5.60 Å². The Bertz CT molecular complexity index is 333. The van der Waals surface area contributed by atoms with Crippen molar-refractivity contribution in [3.63, 3.8) is 0 Å². The molecule has 1 aliphatic rings. The minimum atomic E-state index is -0.445. The Kier molecular flexibility index (Phi) is 5.55. The zero-order valence-corrected chi connectivity index (χ0v) is 13.1. The lowest BCUT2D eigenvalue weighted by Gasteiger charge is -2.38. The number of rotatable bonds is 3. The summed E-state index contributed by atoms with van der Waals surface area (Å²) in [6.07, 6.45) is 0.664. The predicted octanol–water partition coefficient (Wildman–Crippen LogP) is 1.60. The Hall–Kier alpha value is -0.880. The number of ether oxygens (including phenoxy) is 1. The van der Waals surface area contributed by atoms with Crippen molar-refractivity contribution >= 4 is 23.3 Å². The average Bonchev–Trinajstić information content (AvgIpc) is 2.28. The van der Waals surface area contributed by atoms with Crippen LogP contribution in [0.2, 0.25) is 0 Å². The first-order valence-electron chi connectivity index (χ1n) is 6.76. The molecule has 0 saturated carbocycles. The van der Waals surface area contributed by atoms with Gasteiger partial charge >= 0.3 is 6.09 Å². The van der Waals surface area contributed by atoms with Gasteiger partial charge < -0.3 is 15.4 Å². The molecule has 1 aliphatic heterocycles. The molecule has 1 saturated heterocycles. The Morgan fingerprint density at radius 2 is 1.84 bits per heavy atom. The van der Waals surface area contributed by atoms with Crippen molar-refractivity contribution < 1.29 is 9.53 Å². The van der Waals surface area contributed by atoms with E-state index in [1.807, 2.05) is 20.8 Å². The summed E-state index contributed by atoms with van der Waals surface area (Å²) < 4.78 is 5.36. The molecule has 1 amide bonds. The molecule has 0 radical (unpaired) electrons. The fourth-order valence-corrected chi connectivity index (χ4v) is 2.50.